The van der Waals surface area contributed by atoms with Gasteiger partial charge in [-0.15, -0.1) is 5.10 Å². The van der Waals surface area contributed by atoms with Gasteiger partial charge in [-0.2, -0.15) is 8.91 Å². The fourth-order valence-electron chi connectivity index (χ4n) is 3.47. The van der Waals surface area contributed by atoms with Crippen molar-refractivity contribution in [1.82, 2.24) is 24.9 Å². The molecular formula is C19H21FN6O2S. The van der Waals surface area contributed by atoms with E-state index in [1.807, 2.05) is 24.0 Å². The van der Waals surface area contributed by atoms with Crippen LogP contribution in [0.5, 0.6) is 0 Å². The van der Waals surface area contributed by atoms with Crippen molar-refractivity contribution in [2.24, 2.45) is 0 Å². The lowest BCUT2D eigenvalue weighted by molar-refractivity contribution is -0.122. The second-order valence-corrected chi connectivity index (χ2v) is 7.94. The summed E-state index contributed by atoms with van der Waals surface area (Å²) in [5, 5.41) is 7.67. The summed E-state index contributed by atoms with van der Waals surface area (Å²) in [4.78, 5) is 35.7. The predicted octanol–water partition coefficient (Wildman–Crippen LogP) is 1.84. The quantitative estimate of drug-likeness (QED) is 0.682. The fourth-order valence-corrected chi connectivity index (χ4v) is 4.45. The summed E-state index contributed by atoms with van der Waals surface area (Å²) in [5.74, 6) is -0.992. The van der Waals surface area contributed by atoms with Gasteiger partial charge in [0, 0.05) is 12.7 Å². The largest absolute Gasteiger partial charge is 0.349 e. The zero-order chi connectivity index (χ0) is 20.5. The molecule has 1 fully saturated rings. The average Bonchev–Trinajstić information content (AvgIpc) is 3.36. The van der Waals surface area contributed by atoms with Crippen LogP contribution in [0.1, 0.15) is 36.7 Å². The molecule has 0 aromatic carbocycles. The topological polar surface area (TPSA) is 92.5 Å². The first-order chi connectivity index (χ1) is 14.0. The number of nitrogens with one attached hydrogen (secondary N) is 1. The Kier molecular flexibility index (Phi) is 5.27. The molecular weight excluding hydrogens is 395 g/mol. The van der Waals surface area contributed by atoms with Crippen LogP contribution in [0.4, 0.5) is 9.52 Å². The van der Waals surface area contributed by atoms with E-state index in [2.05, 4.69) is 20.4 Å². The molecule has 1 saturated heterocycles. The highest BCUT2D eigenvalue weighted by Crippen LogP contribution is 2.29. The standard InChI is InChI=1S/C19H21FN6O2S/c1-3-13-15(20)17(28)26-18(23-13)29-19(24-26)25-8-4-5-14(25)16(27)22-10-12-9-11(2)6-7-21-12/h6-7,9,14H,3-5,8,10H2,1-2H3,(H,22,27)/t14-/m1/s1. The van der Waals surface area contributed by atoms with Gasteiger partial charge in [-0.05, 0) is 43.9 Å². The van der Waals surface area contributed by atoms with Crippen molar-refractivity contribution < 1.29 is 9.18 Å². The van der Waals surface area contributed by atoms with E-state index >= 15 is 0 Å². The van der Waals surface area contributed by atoms with E-state index in [4.69, 9.17) is 0 Å². The highest BCUT2D eigenvalue weighted by atomic mass is 32.1. The molecule has 0 bridgehead atoms. The number of rotatable bonds is 5. The number of aromatic nitrogens is 4. The number of pyridine rings is 1. The lowest BCUT2D eigenvalue weighted by Gasteiger charge is -2.22. The molecule has 3 aromatic heterocycles. The van der Waals surface area contributed by atoms with Crippen molar-refractivity contribution in [3.05, 3.63) is 51.5 Å². The lowest BCUT2D eigenvalue weighted by atomic mass is 10.2. The molecule has 4 rings (SSSR count). The molecule has 8 nitrogen and oxygen atoms in total. The summed E-state index contributed by atoms with van der Waals surface area (Å²) >= 11 is 1.19. The number of carbonyl (C=O) groups is 1. The van der Waals surface area contributed by atoms with Crippen LogP contribution in [0.25, 0.3) is 4.96 Å². The third-order valence-corrected chi connectivity index (χ3v) is 5.91. The average molecular weight is 416 g/mol. The number of aryl methyl sites for hydroxylation is 2. The second-order valence-electron chi connectivity index (χ2n) is 7.00. The molecule has 0 spiro atoms. The minimum Gasteiger partial charge on any atom is -0.349 e. The molecule has 4 heterocycles. The Labute approximate surface area is 170 Å². The Bertz CT molecular complexity index is 1130. The zero-order valence-corrected chi connectivity index (χ0v) is 17.0. The van der Waals surface area contributed by atoms with Gasteiger partial charge in [-0.25, -0.2) is 4.98 Å². The van der Waals surface area contributed by atoms with Gasteiger partial charge >= 0.3 is 5.56 Å². The van der Waals surface area contributed by atoms with Crippen LogP contribution in [-0.4, -0.2) is 38.1 Å². The van der Waals surface area contributed by atoms with Crippen LogP contribution in [-0.2, 0) is 17.8 Å². The molecule has 3 aromatic rings. The van der Waals surface area contributed by atoms with Gasteiger partial charge in [0.15, 0.2) is 0 Å². The molecule has 29 heavy (non-hydrogen) atoms. The van der Waals surface area contributed by atoms with Gasteiger partial charge in [-0.1, -0.05) is 18.3 Å². The van der Waals surface area contributed by atoms with Crippen LogP contribution in [0, 0.1) is 12.7 Å². The number of amides is 1. The van der Waals surface area contributed by atoms with E-state index in [0.29, 0.717) is 36.0 Å². The summed E-state index contributed by atoms with van der Waals surface area (Å²) in [5.41, 5.74) is 1.20. The minimum absolute atomic E-state index is 0.120. The maximum Gasteiger partial charge on any atom is 0.311 e. The molecule has 1 aliphatic rings. The van der Waals surface area contributed by atoms with Gasteiger partial charge < -0.3 is 10.2 Å². The summed E-state index contributed by atoms with van der Waals surface area (Å²) in [6.07, 6.45) is 3.55. The van der Waals surface area contributed by atoms with E-state index in [0.717, 1.165) is 22.2 Å². The number of halogens is 1. The van der Waals surface area contributed by atoms with Crippen LogP contribution < -0.4 is 15.8 Å². The first-order valence-electron chi connectivity index (χ1n) is 9.52. The Hall–Kier alpha value is -2.88. The zero-order valence-electron chi connectivity index (χ0n) is 16.2. The van der Waals surface area contributed by atoms with Crippen LogP contribution >= 0.6 is 11.3 Å². The number of hydrogen-bond donors (Lipinski definition) is 1. The highest BCUT2D eigenvalue weighted by Gasteiger charge is 2.33. The molecule has 10 heteroatoms. The minimum atomic E-state index is -0.872. The summed E-state index contributed by atoms with van der Waals surface area (Å²) in [6, 6.07) is 3.43. The molecule has 1 amide bonds. The van der Waals surface area contributed by atoms with Crippen molar-refractivity contribution in [3.63, 3.8) is 0 Å². The number of fused-ring (bicyclic) bond motifs is 1. The van der Waals surface area contributed by atoms with E-state index in [1.54, 1.807) is 13.1 Å². The molecule has 1 N–H and O–H groups in total. The van der Waals surface area contributed by atoms with Gasteiger partial charge in [0.25, 0.3) is 0 Å². The normalized spacial score (nSPS) is 16.5. The van der Waals surface area contributed by atoms with Crippen molar-refractivity contribution >= 4 is 27.3 Å². The molecule has 0 aliphatic carbocycles. The smallest absolute Gasteiger partial charge is 0.311 e. The third-order valence-electron chi connectivity index (χ3n) is 4.97. The summed E-state index contributed by atoms with van der Waals surface area (Å²) in [6.45, 7) is 4.70. The van der Waals surface area contributed by atoms with E-state index in [1.165, 1.54) is 11.3 Å². The maximum absolute atomic E-state index is 14.1. The predicted molar refractivity (Wildman–Crippen MR) is 108 cm³/mol. The monoisotopic (exact) mass is 416 g/mol. The SMILES string of the molecule is CCc1nc2sc(N3CCC[C@@H]3C(=O)NCc3cc(C)ccn3)nn2c(=O)c1F. The third kappa shape index (κ3) is 3.71. The Morgan fingerprint density at radius 1 is 1.45 bits per heavy atom. The molecule has 0 unspecified atom stereocenters. The first-order valence-corrected chi connectivity index (χ1v) is 10.3. The molecule has 1 aliphatic heterocycles. The second kappa shape index (κ2) is 7.86. The number of nitrogens with zero attached hydrogens (tertiary/aromatic N) is 5. The van der Waals surface area contributed by atoms with Crippen molar-refractivity contribution in [2.75, 3.05) is 11.4 Å². The fraction of sp³-hybridized carbons (Fsp3) is 0.421. The Balaban J connectivity index is 1.55. The highest BCUT2D eigenvalue weighted by molar-refractivity contribution is 7.20. The van der Waals surface area contributed by atoms with Crippen molar-refractivity contribution in [2.45, 2.75) is 45.7 Å². The van der Waals surface area contributed by atoms with Crippen molar-refractivity contribution in [3.8, 4) is 0 Å². The van der Waals surface area contributed by atoms with Crippen LogP contribution in [0.2, 0.25) is 0 Å². The van der Waals surface area contributed by atoms with Crippen LogP contribution in [0.15, 0.2) is 23.1 Å². The van der Waals surface area contributed by atoms with Gasteiger partial charge in [0.2, 0.25) is 21.8 Å². The number of hydrogen-bond acceptors (Lipinski definition) is 7. The lowest BCUT2D eigenvalue weighted by Crippen LogP contribution is -2.43. The molecule has 0 radical (unpaired) electrons. The van der Waals surface area contributed by atoms with Crippen LogP contribution in [0.3, 0.4) is 0 Å². The first kappa shape index (κ1) is 19.4. The summed E-state index contributed by atoms with van der Waals surface area (Å²) in [7, 11) is 0. The van der Waals surface area contributed by atoms with E-state index < -0.39 is 17.4 Å². The molecule has 1 atom stereocenters. The Morgan fingerprint density at radius 2 is 2.28 bits per heavy atom. The molecule has 0 saturated carbocycles. The van der Waals surface area contributed by atoms with Gasteiger partial charge in [0.1, 0.15) is 6.04 Å². The Morgan fingerprint density at radius 3 is 3.03 bits per heavy atom. The molecule has 152 valence electrons. The summed E-state index contributed by atoms with van der Waals surface area (Å²) < 4.78 is 15.1. The van der Waals surface area contributed by atoms with E-state index in [9.17, 15) is 14.0 Å². The maximum atomic E-state index is 14.1. The van der Waals surface area contributed by atoms with E-state index in [-0.39, 0.29) is 11.6 Å². The number of carbonyl (C=O) groups excluding carboxylic acids is 1. The van der Waals surface area contributed by atoms with Crippen molar-refractivity contribution in [1.29, 1.82) is 0 Å². The van der Waals surface area contributed by atoms with Gasteiger partial charge in [0.05, 0.1) is 17.9 Å². The van der Waals surface area contributed by atoms with Gasteiger partial charge in [-0.3, -0.25) is 14.6 Å². The number of anilines is 1.